The fourth-order valence-electron chi connectivity index (χ4n) is 0.970. The Morgan fingerprint density at radius 2 is 2.18 bits per heavy atom. The summed E-state index contributed by atoms with van der Waals surface area (Å²) in [4.78, 5) is 0. The molecule has 0 atom stereocenters. The van der Waals surface area contributed by atoms with Crippen LogP contribution >= 0.6 is 38.9 Å². The second kappa shape index (κ2) is 2.77. The molecule has 0 aliphatic carbocycles. The number of fused-ring (bicyclic) bond motifs is 1. The highest BCUT2D eigenvalue weighted by atomic mass is 79.9. The summed E-state index contributed by atoms with van der Waals surface area (Å²) in [6.45, 7) is 0. The topological polar surface area (TPSA) is 0 Å². The number of hydrogen-bond acceptors (Lipinski definition) is 1. The molecule has 0 nitrogen and oxygen atoms in total. The summed E-state index contributed by atoms with van der Waals surface area (Å²) < 4.78 is 2.33. The van der Waals surface area contributed by atoms with Crippen molar-refractivity contribution in [3.8, 4) is 0 Å². The Bertz CT molecular complexity index is 394. The Kier molecular flexibility index (Phi) is 1.91. The van der Waals surface area contributed by atoms with E-state index < -0.39 is 0 Å². The zero-order valence-corrected chi connectivity index (χ0v) is 8.63. The zero-order chi connectivity index (χ0) is 7.84. The van der Waals surface area contributed by atoms with Gasteiger partial charge in [-0.15, -0.1) is 11.3 Å². The molecule has 2 rings (SSSR count). The summed E-state index contributed by atoms with van der Waals surface area (Å²) in [6.07, 6.45) is 0. The molecule has 0 N–H and O–H groups in total. The molecule has 1 aromatic heterocycles. The first-order chi connectivity index (χ1) is 5.27. The largest absolute Gasteiger partial charge is 0.142 e. The first-order valence-corrected chi connectivity index (χ1v) is 5.15. The maximum absolute atomic E-state index is 5.92. The Balaban J connectivity index is 2.86. The van der Waals surface area contributed by atoms with Crippen molar-refractivity contribution in [2.45, 2.75) is 0 Å². The molecule has 0 radical (unpaired) electrons. The van der Waals surface area contributed by atoms with Crippen molar-refractivity contribution in [2.24, 2.45) is 0 Å². The maximum Gasteiger partial charge on any atom is 0.0591 e. The lowest BCUT2D eigenvalue weighted by atomic mass is 10.3. The van der Waals surface area contributed by atoms with Crippen molar-refractivity contribution in [1.82, 2.24) is 0 Å². The lowest BCUT2D eigenvalue weighted by Crippen LogP contribution is -1.63. The Morgan fingerprint density at radius 3 is 3.00 bits per heavy atom. The number of halogens is 2. The van der Waals surface area contributed by atoms with Crippen LogP contribution in [0.4, 0.5) is 0 Å². The minimum absolute atomic E-state index is 0.845. The van der Waals surface area contributed by atoms with Crippen LogP contribution in [0.2, 0.25) is 5.02 Å². The average Bonchev–Trinajstić information content (AvgIpc) is 2.32. The van der Waals surface area contributed by atoms with Crippen LogP contribution in [0, 0.1) is 0 Å². The van der Waals surface area contributed by atoms with Crippen molar-refractivity contribution in [1.29, 1.82) is 0 Å². The van der Waals surface area contributed by atoms with Crippen LogP contribution in [0.5, 0.6) is 0 Å². The summed E-state index contributed by atoms with van der Waals surface area (Å²) in [6, 6.07) is 6.10. The van der Waals surface area contributed by atoms with E-state index in [2.05, 4.69) is 22.0 Å². The van der Waals surface area contributed by atoms with Crippen molar-refractivity contribution < 1.29 is 0 Å². The molecule has 2 aromatic rings. The minimum Gasteiger partial charge on any atom is -0.142 e. The van der Waals surface area contributed by atoms with Gasteiger partial charge < -0.3 is 0 Å². The molecule has 56 valence electrons. The molecule has 1 aromatic carbocycles. The average molecular weight is 248 g/mol. The van der Waals surface area contributed by atoms with Gasteiger partial charge in [-0.3, -0.25) is 0 Å². The summed E-state index contributed by atoms with van der Waals surface area (Å²) in [5, 5.41) is 3.94. The Hall–Kier alpha value is -0.0500. The standard InChI is InChI=1S/C8H4BrClS/c9-5-1-2-6-7(10)4-11-8(6)3-5/h1-4H. The smallest absolute Gasteiger partial charge is 0.0591 e. The van der Waals surface area contributed by atoms with E-state index in [9.17, 15) is 0 Å². The molecule has 0 aliphatic rings. The molecular formula is C8H4BrClS. The molecule has 0 amide bonds. The first-order valence-electron chi connectivity index (χ1n) is 3.09. The molecule has 0 spiro atoms. The van der Waals surface area contributed by atoms with Crippen LogP contribution in [0.1, 0.15) is 0 Å². The third-order valence-electron chi connectivity index (χ3n) is 1.49. The van der Waals surface area contributed by atoms with Gasteiger partial charge in [0.15, 0.2) is 0 Å². The number of hydrogen-bond donors (Lipinski definition) is 0. The molecule has 1 heterocycles. The summed E-state index contributed by atoms with van der Waals surface area (Å²) >= 11 is 11.0. The predicted octanol–water partition coefficient (Wildman–Crippen LogP) is 4.32. The molecule has 0 saturated heterocycles. The predicted molar refractivity (Wildman–Crippen MR) is 54.5 cm³/mol. The van der Waals surface area contributed by atoms with E-state index >= 15 is 0 Å². The summed E-state index contributed by atoms with van der Waals surface area (Å²) in [5.74, 6) is 0. The van der Waals surface area contributed by atoms with Crippen molar-refractivity contribution in [3.63, 3.8) is 0 Å². The second-order valence-electron chi connectivity index (χ2n) is 2.22. The van der Waals surface area contributed by atoms with Crippen LogP contribution in [0.25, 0.3) is 10.1 Å². The summed E-state index contributed by atoms with van der Waals surface area (Å²) in [7, 11) is 0. The van der Waals surface area contributed by atoms with Crippen LogP contribution in [0.3, 0.4) is 0 Å². The van der Waals surface area contributed by atoms with Crippen molar-refractivity contribution >= 4 is 49.0 Å². The highest BCUT2D eigenvalue weighted by molar-refractivity contribution is 9.10. The first kappa shape index (κ1) is 7.59. The van der Waals surface area contributed by atoms with Crippen LogP contribution < -0.4 is 0 Å². The maximum atomic E-state index is 5.92. The molecule has 0 aliphatic heterocycles. The molecule has 0 fully saturated rings. The van der Waals surface area contributed by atoms with Gasteiger partial charge in [-0.25, -0.2) is 0 Å². The highest BCUT2D eigenvalue weighted by Crippen LogP contribution is 2.31. The number of rotatable bonds is 0. The van der Waals surface area contributed by atoms with Gasteiger partial charge in [-0.05, 0) is 12.1 Å². The minimum atomic E-state index is 0.845. The van der Waals surface area contributed by atoms with Gasteiger partial charge in [0.05, 0.1) is 5.02 Å². The van der Waals surface area contributed by atoms with Gasteiger partial charge in [-0.2, -0.15) is 0 Å². The Labute approximate surface area is 81.9 Å². The van der Waals surface area contributed by atoms with E-state index in [0.717, 1.165) is 14.9 Å². The molecule has 0 unspecified atom stereocenters. The monoisotopic (exact) mass is 246 g/mol. The lowest BCUT2D eigenvalue weighted by molar-refractivity contribution is 1.77. The number of benzene rings is 1. The van der Waals surface area contributed by atoms with E-state index in [1.165, 1.54) is 4.70 Å². The fourth-order valence-corrected chi connectivity index (χ4v) is 2.69. The molecule has 0 saturated carbocycles. The van der Waals surface area contributed by atoms with E-state index in [4.69, 9.17) is 11.6 Å². The fraction of sp³-hybridized carbons (Fsp3) is 0. The lowest BCUT2D eigenvalue weighted by Gasteiger charge is -1.90. The van der Waals surface area contributed by atoms with Crippen LogP contribution in [-0.2, 0) is 0 Å². The molecule has 11 heavy (non-hydrogen) atoms. The van der Waals surface area contributed by atoms with Gasteiger partial charge in [0, 0.05) is 19.9 Å². The van der Waals surface area contributed by atoms with Crippen LogP contribution in [-0.4, -0.2) is 0 Å². The van der Waals surface area contributed by atoms with Crippen molar-refractivity contribution in [2.75, 3.05) is 0 Å². The van der Waals surface area contributed by atoms with Gasteiger partial charge in [0.25, 0.3) is 0 Å². The summed E-state index contributed by atoms with van der Waals surface area (Å²) in [5.41, 5.74) is 0. The normalized spacial score (nSPS) is 10.7. The van der Waals surface area contributed by atoms with E-state index in [1.54, 1.807) is 11.3 Å². The third kappa shape index (κ3) is 1.31. The van der Waals surface area contributed by atoms with Gasteiger partial charge in [0.2, 0.25) is 0 Å². The SMILES string of the molecule is Clc1csc2cc(Br)ccc12. The van der Waals surface area contributed by atoms with Crippen LogP contribution in [0.15, 0.2) is 28.1 Å². The third-order valence-corrected chi connectivity index (χ3v) is 3.37. The van der Waals surface area contributed by atoms with E-state index in [0.29, 0.717) is 0 Å². The van der Waals surface area contributed by atoms with E-state index in [-0.39, 0.29) is 0 Å². The number of thiophene rings is 1. The second-order valence-corrected chi connectivity index (χ2v) is 4.46. The Morgan fingerprint density at radius 1 is 1.36 bits per heavy atom. The van der Waals surface area contributed by atoms with Gasteiger partial charge >= 0.3 is 0 Å². The molecule has 3 heteroatoms. The zero-order valence-electron chi connectivity index (χ0n) is 5.47. The highest BCUT2D eigenvalue weighted by Gasteiger charge is 2.00. The van der Waals surface area contributed by atoms with Gasteiger partial charge in [0.1, 0.15) is 0 Å². The quantitative estimate of drug-likeness (QED) is 0.650. The van der Waals surface area contributed by atoms with Crippen molar-refractivity contribution in [3.05, 3.63) is 33.1 Å². The molecular weight excluding hydrogens is 244 g/mol. The van der Waals surface area contributed by atoms with Gasteiger partial charge in [-0.1, -0.05) is 33.6 Å². The molecule has 0 bridgehead atoms. The van der Waals surface area contributed by atoms with E-state index in [1.807, 2.05) is 17.5 Å².